The number of hydrogen-bond donors (Lipinski definition) is 2. The molecule has 0 aliphatic carbocycles. The van der Waals surface area contributed by atoms with Crippen molar-refractivity contribution in [1.82, 2.24) is 5.32 Å². The highest BCUT2D eigenvalue weighted by atomic mass is 35.5. The van der Waals surface area contributed by atoms with Crippen molar-refractivity contribution in [3.63, 3.8) is 0 Å². The Kier molecular flexibility index (Phi) is 4.48. The number of hydrogen-bond acceptors (Lipinski definition) is 2. The number of benzene rings is 2. The highest BCUT2D eigenvalue weighted by Crippen LogP contribution is 2.38. The number of rotatable bonds is 2. The van der Waals surface area contributed by atoms with E-state index in [-0.39, 0.29) is 32.2 Å². The van der Waals surface area contributed by atoms with E-state index >= 15 is 0 Å². The predicted molar refractivity (Wildman–Crippen MR) is 91.5 cm³/mol. The topological polar surface area (TPSA) is 58.2 Å². The monoisotopic (exact) mass is 368 g/mol. The molecule has 7 heteroatoms. The zero-order chi connectivity index (χ0) is 16.6. The van der Waals surface area contributed by atoms with E-state index in [2.05, 4.69) is 10.6 Å². The summed E-state index contributed by atoms with van der Waals surface area (Å²) in [7, 11) is 0. The summed E-state index contributed by atoms with van der Waals surface area (Å²) in [5.74, 6) is -0.807. The van der Waals surface area contributed by atoms with Gasteiger partial charge in [-0.25, -0.2) is 0 Å². The van der Waals surface area contributed by atoms with Gasteiger partial charge in [0.05, 0.1) is 26.3 Å². The minimum atomic E-state index is -0.717. The molecule has 1 aliphatic rings. The van der Waals surface area contributed by atoms with Crippen molar-refractivity contribution in [3.8, 4) is 0 Å². The molecule has 0 radical (unpaired) electrons. The van der Waals surface area contributed by atoms with Crippen LogP contribution < -0.4 is 10.6 Å². The van der Waals surface area contributed by atoms with Crippen LogP contribution in [0, 0.1) is 0 Å². The second-order valence-electron chi connectivity index (χ2n) is 5.11. The third-order valence-electron chi connectivity index (χ3n) is 3.55. The summed E-state index contributed by atoms with van der Waals surface area (Å²) in [6.07, 6.45) is 0.367. The van der Waals surface area contributed by atoms with Crippen LogP contribution in [-0.4, -0.2) is 17.9 Å². The summed E-state index contributed by atoms with van der Waals surface area (Å²) in [5, 5.41) is 5.64. The molecule has 0 bridgehead atoms. The van der Waals surface area contributed by atoms with E-state index in [0.29, 0.717) is 6.42 Å². The third-order valence-corrected chi connectivity index (χ3v) is 4.81. The molecule has 23 heavy (non-hydrogen) atoms. The lowest BCUT2D eigenvalue weighted by molar-refractivity contribution is -0.117. The summed E-state index contributed by atoms with van der Waals surface area (Å²) in [4.78, 5) is 24.8. The lowest BCUT2D eigenvalue weighted by Gasteiger charge is -2.14. The molecular formula is C16H11Cl3N2O2. The number of amides is 2. The molecule has 0 aromatic heterocycles. The van der Waals surface area contributed by atoms with E-state index in [0.717, 1.165) is 5.56 Å². The Bertz CT molecular complexity index is 794. The van der Waals surface area contributed by atoms with Crippen molar-refractivity contribution < 1.29 is 9.59 Å². The first-order valence-electron chi connectivity index (χ1n) is 6.80. The van der Waals surface area contributed by atoms with Crippen molar-refractivity contribution in [2.45, 2.75) is 12.5 Å². The van der Waals surface area contributed by atoms with Crippen LogP contribution in [-0.2, 0) is 11.2 Å². The van der Waals surface area contributed by atoms with Crippen LogP contribution in [0.3, 0.4) is 0 Å². The van der Waals surface area contributed by atoms with Gasteiger partial charge in [-0.2, -0.15) is 0 Å². The zero-order valence-corrected chi connectivity index (χ0v) is 14.0. The fourth-order valence-corrected chi connectivity index (χ4v) is 3.12. The first-order chi connectivity index (χ1) is 11.0. The maximum absolute atomic E-state index is 12.4. The van der Waals surface area contributed by atoms with E-state index in [1.807, 2.05) is 30.3 Å². The highest BCUT2D eigenvalue weighted by Gasteiger charge is 2.31. The fraction of sp³-hybridized carbons (Fsp3) is 0.125. The largest absolute Gasteiger partial charge is 0.340 e. The van der Waals surface area contributed by atoms with Gasteiger partial charge in [0.25, 0.3) is 5.91 Å². The molecule has 3 rings (SSSR count). The Morgan fingerprint density at radius 2 is 1.70 bits per heavy atom. The molecule has 2 aromatic rings. The van der Waals surface area contributed by atoms with E-state index in [4.69, 9.17) is 34.8 Å². The van der Waals surface area contributed by atoms with Crippen molar-refractivity contribution in [2.24, 2.45) is 0 Å². The van der Waals surface area contributed by atoms with Crippen molar-refractivity contribution in [1.29, 1.82) is 0 Å². The molecule has 0 fully saturated rings. The summed E-state index contributed by atoms with van der Waals surface area (Å²) in [5.41, 5.74) is 1.30. The van der Waals surface area contributed by atoms with Gasteiger partial charge in [0.1, 0.15) is 6.04 Å². The molecule has 0 saturated heterocycles. The lowest BCUT2D eigenvalue weighted by Crippen LogP contribution is -2.42. The van der Waals surface area contributed by atoms with Gasteiger partial charge in [0, 0.05) is 6.42 Å². The first-order valence-corrected chi connectivity index (χ1v) is 7.94. The molecule has 0 spiro atoms. The standard InChI is InChI=1S/C16H11Cl3N2O2/c17-9-7-10-12(14(19)13(9)18)16(23)21-11(15(22)20-10)6-8-4-2-1-3-5-8/h1-5,7,11H,6H2,(H,20,22)(H,21,23). The molecule has 118 valence electrons. The number of carbonyl (C=O) groups is 2. The van der Waals surface area contributed by atoms with Gasteiger partial charge >= 0.3 is 0 Å². The molecular weight excluding hydrogens is 359 g/mol. The van der Waals surface area contributed by atoms with Gasteiger partial charge in [0.2, 0.25) is 5.91 Å². The fourth-order valence-electron chi connectivity index (χ4n) is 2.42. The summed E-state index contributed by atoms with van der Waals surface area (Å²) >= 11 is 18.1. The van der Waals surface area contributed by atoms with E-state index in [1.165, 1.54) is 6.07 Å². The molecule has 4 nitrogen and oxygen atoms in total. The Labute approximate surface area is 147 Å². The summed E-state index contributed by atoms with van der Waals surface area (Å²) in [6, 6.07) is 10.1. The Balaban J connectivity index is 1.96. The number of carbonyl (C=O) groups excluding carboxylic acids is 2. The summed E-state index contributed by atoms with van der Waals surface area (Å²) in [6.45, 7) is 0. The van der Waals surface area contributed by atoms with Gasteiger partial charge in [-0.05, 0) is 11.6 Å². The normalized spacial score (nSPS) is 17.1. The molecule has 1 aliphatic heterocycles. The predicted octanol–water partition coefficient (Wildman–Crippen LogP) is 3.94. The molecule has 2 aromatic carbocycles. The van der Waals surface area contributed by atoms with Crippen LogP contribution in [0.25, 0.3) is 0 Å². The average Bonchev–Trinajstić information content (AvgIpc) is 2.63. The minimum Gasteiger partial charge on any atom is -0.340 e. The van der Waals surface area contributed by atoms with Gasteiger partial charge in [0.15, 0.2) is 0 Å². The third kappa shape index (κ3) is 3.15. The second kappa shape index (κ2) is 6.40. The molecule has 0 saturated carbocycles. The van der Waals surface area contributed by atoms with Gasteiger partial charge in [-0.15, -0.1) is 0 Å². The summed E-state index contributed by atoms with van der Waals surface area (Å²) < 4.78 is 0. The molecule has 2 N–H and O–H groups in total. The molecule has 1 atom stereocenters. The van der Waals surface area contributed by atoms with Crippen LogP contribution >= 0.6 is 34.8 Å². The SMILES string of the molecule is O=C1NC(Cc2ccccc2)C(=O)Nc2cc(Cl)c(Cl)c(Cl)c21. The lowest BCUT2D eigenvalue weighted by atomic mass is 10.1. The van der Waals surface area contributed by atoms with Crippen LogP contribution in [0.5, 0.6) is 0 Å². The first kappa shape index (κ1) is 16.1. The van der Waals surface area contributed by atoms with Crippen molar-refractivity contribution >= 4 is 52.3 Å². The van der Waals surface area contributed by atoms with E-state index in [1.54, 1.807) is 0 Å². The van der Waals surface area contributed by atoms with Gasteiger partial charge in [-0.1, -0.05) is 65.1 Å². The van der Waals surface area contributed by atoms with Crippen LogP contribution in [0.2, 0.25) is 15.1 Å². The Morgan fingerprint density at radius 1 is 1.00 bits per heavy atom. The number of fused-ring (bicyclic) bond motifs is 1. The van der Waals surface area contributed by atoms with Crippen LogP contribution in [0.4, 0.5) is 5.69 Å². The van der Waals surface area contributed by atoms with Gasteiger partial charge < -0.3 is 10.6 Å². The average molecular weight is 370 g/mol. The van der Waals surface area contributed by atoms with E-state index in [9.17, 15) is 9.59 Å². The molecule has 1 heterocycles. The minimum absolute atomic E-state index is 0.0207. The molecule has 1 unspecified atom stereocenters. The highest BCUT2D eigenvalue weighted by molar-refractivity contribution is 6.50. The smallest absolute Gasteiger partial charge is 0.255 e. The zero-order valence-electron chi connectivity index (χ0n) is 11.7. The maximum atomic E-state index is 12.4. The number of halogens is 3. The maximum Gasteiger partial charge on any atom is 0.255 e. The Hall–Kier alpha value is -1.75. The quantitative estimate of drug-likeness (QED) is 0.788. The van der Waals surface area contributed by atoms with Crippen molar-refractivity contribution in [3.05, 3.63) is 62.6 Å². The van der Waals surface area contributed by atoms with Gasteiger partial charge in [-0.3, -0.25) is 9.59 Å². The Morgan fingerprint density at radius 3 is 2.39 bits per heavy atom. The number of nitrogens with one attached hydrogen (secondary N) is 2. The van der Waals surface area contributed by atoms with Crippen LogP contribution in [0.1, 0.15) is 15.9 Å². The van der Waals surface area contributed by atoms with E-state index < -0.39 is 11.9 Å². The number of anilines is 1. The van der Waals surface area contributed by atoms with Crippen LogP contribution in [0.15, 0.2) is 36.4 Å². The van der Waals surface area contributed by atoms with Crippen molar-refractivity contribution in [2.75, 3.05) is 5.32 Å². The molecule has 2 amide bonds. The second-order valence-corrected chi connectivity index (χ2v) is 6.28.